The molecule has 0 unspecified atom stereocenters. The predicted molar refractivity (Wildman–Crippen MR) is 127 cm³/mol. The van der Waals surface area contributed by atoms with Crippen molar-refractivity contribution in [3.05, 3.63) is 53.1 Å². The van der Waals surface area contributed by atoms with Crippen molar-refractivity contribution in [2.45, 2.75) is 37.8 Å². The lowest BCUT2D eigenvalue weighted by Gasteiger charge is -2.30. The molecular weight excluding hydrogens is 412 g/mol. The van der Waals surface area contributed by atoms with Crippen molar-refractivity contribution in [3.8, 4) is 0 Å². The van der Waals surface area contributed by atoms with Gasteiger partial charge in [0.2, 0.25) is 5.95 Å². The monoisotopic (exact) mass is 438 g/mol. The molecule has 1 amide bonds. The molecule has 0 radical (unpaired) electrons. The summed E-state index contributed by atoms with van der Waals surface area (Å²) in [6.45, 7) is 0. The average molecular weight is 439 g/mol. The lowest BCUT2D eigenvalue weighted by molar-refractivity contribution is 0.0926. The maximum absolute atomic E-state index is 12.6. The highest BCUT2D eigenvalue weighted by Crippen LogP contribution is 2.27. The first-order valence-electron chi connectivity index (χ1n) is 10.5. The number of anilines is 3. The Bertz CT molecular complexity index is 1090. The number of aromatic nitrogens is 2. The fraction of sp³-hybridized carbons (Fsp3) is 0.348. The van der Waals surface area contributed by atoms with E-state index in [1.807, 2.05) is 43.3 Å². The van der Waals surface area contributed by atoms with Crippen LogP contribution in [0.1, 0.15) is 36.0 Å². The number of nitrogens with zero attached hydrogens (tertiary/aromatic N) is 3. The number of halogens is 1. The van der Waals surface area contributed by atoms with Crippen molar-refractivity contribution in [2.75, 3.05) is 30.0 Å². The van der Waals surface area contributed by atoms with Gasteiger partial charge in [-0.15, -0.1) is 0 Å². The lowest BCUT2D eigenvalue weighted by atomic mass is 9.91. The van der Waals surface area contributed by atoms with E-state index in [0.29, 0.717) is 22.2 Å². The summed E-state index contributed by atoms with van der Waals surface area (Å²) in [5.74, 6) is 1.36. The fourth-order valence-corrected chi connectivity index (χ4v) is 4.23. The summed E-state index contributed by atoms with van der Waals surface area (Å²) >= 11 is 6.18. The Hall–Kier alpha value is -3.06. The topological polar surface area (TPSA) is 96.2 Å². The molecule has 0 bridgehead atoms. The third-order valence-corrected chi connectivity index (χ3v) is 6.10. The molecule has 162 valence electrons. The zero-order valence-electron chi connectivity index (χ0n) is 17.7. The molecule has 0 atom stereocenters. The molecule has 1 aliphatic rings. The molecule has 1 aromatic heterocycles. The van der Waals surface area contributed by atoms with Crippen LogP contribution < -0.4 is 21.3 Å². The molecule has 1 saturated carbocycles. The van der Waals surface area contributed by atoms with Gasteiger partial charge in [-0.25, -0.2) is 4.98 Å². The molecule has 2 aromatic carbocycles. The molecule has 3 aromatic rings. The smallest absolute Gasteiger partial charge is 0.253 e. The van der Waals surface area contributed by atoms with Crippen molar-refractivity contribution in [1.82, 2.24) is 15.3 Å². The van der Waals surface area contributed by atoms with Gasteiger partial charge in [0.25, 0.3) is 5.91 Å². The quantitative estimate of drug-likeness (QED) is 0.519. The Morgan fingerprint density at radius 3 is 2.48 bits per heavy atom. The molecule has 0 saturated heterocycles. The third-order valence-electron chi connectivity index (χ3n) is 5.68. The zero-order chi connectivity index (χ0) is 22.0. The number of fused-ring (bicyclic) bond motifs is 1. The molecule has 0 aliphatic heterocycles. The Morgan fingerprint density at radius 1 is 1.03 bits per heavy atom. The summed E-state index contributed by atoms with van der Waals surface area (Å²) in [5.41, 5.74) is 7.56. The highest BCUT2D eigenvalue weighted by molar-refractivity contribution is 6.36. The number of rotatable bonds is 5. The van der Waals surface area contributed by atoms with E-state index in [2.05, 4.69) is 10.6 Å². The van der Waals surface area contributed by atoms with Crippen LogP contribution in [0.3, 0.4) is 0 Å². The van der Waals surface area contributed by atoms with Gasteiger partial charge < -0.3 is 21.3 Å². The summed E-state index contributed by atoms with van der Waals surface area (Å²) in [4.78, 5) is 24.0. The van der Waals surface area contributed by atoms with Gasteiger partial charge in [0.15, 0.2) is 0 Å². The number of hydrogen-bond donors (Lipinski definition) is 3. The predicted octanol–water partition coefficient (Wildman–Crippen LogP) is 4.08. The summed E-state index contributed by atoms with van der Waals surface area (Å²) in [6.07, 6.45) is 3.58. The van der Waals surface area contributed by atoms with Crippen LogP contribution in [0.5, 0.6) is 0 Å². The van der Waals surface area contributed by atoms with E-state index >= 15 is 0 Å². The van der Waals surface area contributed by atoms with Crippen molar-refractivity contribution in [2.24, 2.45) is 0 Å². The van der Waals surface area contributed by atoms with Gasteiger partial charge in [-0.2, -0.15) is 4.98 Å². The maximum atomic E-state index is 12.6. The highest BCUT2D eigenvalue weighted by Gasteiger charge is 2.24. The Balaban J connectivity index is 1.38. The molecule has 4 N–H and O–H groups in total. The van der Waals surface area contributed by atoms with Gasteiger partial charge in [-0.05, 0) is 49.9 Å². The first kappa shape index (κ1) is 21.2. The van der Waals surface area contributed by atoms with Crippen molar-refractivity contribution in [1.29, 1.82) is 0 Å². The van der Waals surface area contributed by atoms with Crippen molar-refractivity contribution < 1.29 is 4.79 Å². The minimum Gasteiger partial charge on any atom is -0.398 e. The molecule has 0 spiro atoms. The summed E-state index contributed by atoms with van der Waals surface area (Å²) in [7, 11) is 3.97. The minimum atomic E-state index is -0.179. The second-order valence-corrected chi connectivity index (χ2v) is 8.54. The van der Waals surface area contributed by atoms with Gasteiger partial charge in [-0.3, -0.25) is 4.79 Å². The molecule has 7 nitrogen and oxygen atoms in total. The maximum Gasteiger partial charge on any atom is 0.253 e. The van der Waals surface area contributed by atoms with Gasteiger partial charge >= 0.3 is 0 Å². The number of amides is 1. The van der Waals surface area contributed by atoms with Gasteiger partial charge in [0.05, 0.1) is 21.8 Å². The van der Waals surface area contributed by atoms with Crippen LogP contribution in [0.15, 0.2) is 42.5 Å². The molecule has 1 heterocycles. The number of carbonyl (C=O) groups excluding carboxylic acids is 1. The highest BCUT2D eigenvalue weighted by atomic mass is 35.5. The summed E-state index contributed by atoms with van der Waals surface area (Å²) in [6, 6.07) is 13.5. The first-order valence-corrected chi connectivity index (χ1v) is 10.9. The van der Waals surface area contributed by atoms with E-state index in [1.54, 1.807) is 18.2 Å². The van der Waals surface area contributed by atoms with E-state index < -0.39 is 0 Å². The van der Waals surface area contributed by atoms with E-state index in [9.17, 15) is 4.79 Å². The van der Waals surface area contributed by atoms with Gasteiger partial charge in [0, 0.05) is 31.6 Å². The molecule has 31 heavy (non-hydrogen) atoms. The zero-order valence-corrected chi connectivity index (χ0v) is 18.5. The number of benzene rings is 2. The summed E-state index contributed by atoms with van der Waals surface area (Å²) < 4.78 is 0. The third kappa shape index (κ3) is 4.66. The van der Waals surface area contributed by atoms with Crippen LogP contribution in [0.4, 0.5) is 17.5 Å². The normalized spacial score (nSPS) is 18.5. The largest absolute Gasteiger partial charge is 0.398 e. The van der Waals surface area contributed by atoms with Gasteiger partial charge in [0.1, 0.15) is 5.82 Å². The summed E-state index contributed by atoms with van der Waals surface area (Å²) in [5, 5.41) is 7.92. The Morgan fingerprint density at radius 2 is 1.74 bits per heavy atom. The van der Waals surface area contributed by atoms with E-state index in [4.69, 9.17) is 27.3 Å². The number of nitrogens with one attached hydrogen (secondary N) is 2. The van der Waals surface area contributed by atoms with Crippen LogP contribution in [-0.4, -0.2) is 42.1 Å². The standard InChI is InChI=1S/C23H27ClN6O/c1-30(2)21-16-6-3-4-9-19(16)28-23(29-21)27-15-12-10-14(11-13-15)26-22(31)17-7-5-8-18(25)20(17)24/h3-9,14-15H,10-13,25H2,1-2H3,(H,26,31)(H,27,28,29)/t14-,15+. The first-order chi connectivity index (χ1) is 14.9. The second kappa shape index (κ2) is 8.98. The minimum absolute atomic E-state index is 0.109. The van der Waals surface area contributed by atoms with Crippen LogP contribution in [-0.2, 0) is 0 Å². The number of hydrogen-bond acceptors (Lipinski definition) is 6. The van der Waals surface area contributed by atoms with Crippen molar-refractivity contribution >= 4 is 45.9 Å². The molecule has 1 aliphatic carbocycles. The lowest BCUT2D eigenvalue weighted by Crippen LogP contribution is -2.40. The number of carbonyl (C=O) groups is 1. The number of para-hydroxylation sites is 1. The second-order valence-electron chi connectivity index (χ2n) is 8.16. The number of nitrogens with two attached hydrogens (primary N) is 1. The molecule has 8 heteroatoms. The van der Waals surface area contributed by atoms with E-state index in [-0.39, 0.29) is 18.0 Å². The molecular formula is C23H27ClN6O. The van der Waals surface area contributed by atoms with Crippen LogP contribution in [0.2, 0.25) is 5.02 Å². The van der Waals surface area contributed by atoms with Crippen LogP contribution in [0, 0.1) is 0 Å². The van der Waals surface area contributed by atoms with Gasteiger partial charge in [-0.1, -0.05) is 29.8 Å². The fourth-order valence-electron chi connectivity index (χ4n) is 4.02. The van der Waals surface area contributed by atoms with Crippen LogP contribution in [0.25, 0.3) is 10.9 Å². The van der Waals surface area contributed by atoms with E-state index in [1.165, 1.54) is 0 Å². The Labute approximate surface area is 187 Å². The Kier molecular flexibility index (Phi) is 6.13. The SMILES string of the molecule is CN(C)c1nc(N[C@H]2CC[C@@H](NC(=O)c3cccc(N)c3Cl)CC2)nc2ccccc12. The molecule has 4 rings (SSSR count). The number of nitrogen functional groups attached to an aromatic ring is 1. The van der Waals surface area contributed by atoms with Crippen molar-refractivity contribution in [3.63, 3.8) is 0 Å². The average Bonchev–Trinajstić information content (AvgIpc) is 2.76. The molecule has 1 fully saturated rings. The van der Waals surface area contributed by atoms with E-state index in [0.717, 1.165) is 42.4 Å². The van der Waals surface area contributed by atoms with Crippen LogP contribution >= 0.6 is 11.6 Å².